The molecule has 1 aliphatic rings. The number of nitrogens with one attached hydrogen (secondary N) is 2. The van der Waals surface area contributed by atoms with Gasteiger partial charge in [-0.25, -0.2) is 0 Å². The van der Waals surface area contributed by atoms with E-state index in [1.807, 2.05) is 20.8 Å². The Bertz CT molecular complexity index is 597. The number of amides is 2. The van der Waals surface area contributed by atoms with Gasteiger partial charge >= 0.3 is 0 Å². The third kappa shape index (κ3) is 4.88. The molecular weight excluding hydrogens is 308 g/mol. The zero-order valence-corrected chi connectivity index (χ0v) is 14.6. The predicted molar refractivity (Wildman–Crippen MR) is 93.7 cm³/mol. The lowest BCUT2D eigenvalue weighted by Gasteiger charge is -2.17. The number of rotatable bonds is 9. The van der Waals surface area contributed by atoms with Crippen molar-refractivity contribution in [1.82, 2.24) is 0 Å². The Morgan fingerprint density at radius 3 is 2.00 bits per heavy atom. The lowest BCUT2D eigenvalue weighted by molar-refractivity contribution is -0.117. The summed E-state index contributed by atoms with van der Waals surface area (Å²) in [5, 5.41) is 5.76. The third-order valence-electron chi connectivity index (χ3n) is 3.64. The highest BCUT2D eigenvalue weighted by Crippen LogP contribution is 2.38. The summed E-state index contributed by atoms with van der Waals surface area (Å²) < 4.78 is 11.3. The highest BCUT2D eigenvalue weighted by atomic mass is 16.5. The number of ether oxygens (including phenoxy) is 2. The molecule has 2 rings (SSSR count). The molecule has 1 saturated carbocycles. The first-order valence-electron chi connectivity index (χ1n) is 8.63. The topological polar surface area (TPSA) is 76.7 Å². The van der Waals surface area contributed by atoms with E-state index in [0.717, 1.165) is 19.3 Å². The Morgan fingerprint density at radius 2 is 1.54 bits per heavy atom. The van der Waals surface area contributed by atoms with Crippen molar-refractivity contribution in [2.45, 2.75) is 46.5 Å². The van der Waals surface area contributed by atoms with E-state index in [2.05, 4.69) is 10.6 Å². The predicted octanol–water partition coefficient (Wildman–Crippen LogP) is 3.57. The van der Waals surface area contributed by atoms with Gasteiger partial charge in [0.05, 0.1) is 24.6 Å². The Hall–Kier alpha value is -2.24. The van der Waals surface area contributed by atoms with Crippen LogP contribution in [0, 0.1) is 5.92 Å². The van der Waals surface area contributed by atoms with Crippen LogP contribution in [-0.4, -0.2) is 25.0 Å². The molecular formula is C18H26N2O4. The second kappa shape index (κ2) is 8.57. The number of carbonyl (C=O) groups is 2. The van der Waals surface area contributed by atoms with E-state index in [-0.39, 0.29) is 17.7 Å². The van der Waals surface area contributed by atoms with Gasteiger partial charge in [-0.2, -0.15) is 0 Å². The number of anilines is 2. The van der Waals surface area contributed by atoms with Gasteiger partial charge in [0, 0.05) is 24.5 Å². The second-order valence-corrected chi connectivity index (χ2v) is 5.77. The zero-order valence-electron chi connectivity index (χ0n) is 14.6. The maximum absolute atomic E-state index is 12.1. The van der Waals surface area contributed by atoms with E-state index in [4.69, 9.17) is 9.47 Å². The number of hydrogen-bond donors (Lipinski definition) is 2. The molecule has 2 amide bonds. The minimum absolute atomic E-state index is 0.00108. The maximum atomic E-state index is 12.1. The molecule has 1 aliphatic carbocycles. The van der Waals surface area contributed by atoms with Gasteiger partial charge in [0.1, 0.15) is 11.5 Å². The van der Waals surface area contributed by atoms with Crippen molar-refractivity contribution < 1.29 is 19.1 Å². The van der Waals surface area contributed by atoms with Gasteiger partial charge in [-0.3, -0.25) is 9.59 Å². The van der Waals surface area contributed by atoms with Crippen LogP contribution in [0.25, 0.3) is 0 Å². The summed E-state index contributed by atoms with van der Waals surface area (Å²) in [4.78, 5) is 24.0. The van der Waals surface area contributed by atoms with Crippen LogP contribution < -0.4 is 20.1 Å². The fraction of sp³-hybridized carbons (Fsp3) is 0.556. The van der Waals surface area contributed by atoms with Crippen LogP contribution >= 0.6 is 0 Å². The summed E-state index contributed by atoms with van der Waals surface area (Å²) in [6.07, 6.45) is 3.07. The molecule has 0 aromatic heterocycles. The summed E-state index contributed by atoms with van der Waals surface area (Å²) in [6.45, 7) is 6.61. The van der Waals surface area contributed by atoms with Crippen LogP contribution in [0.2, 0.25) is 0 Å². The van der Waals surface area contributed by atoms with Crippen molar-refractivity contribution in [3.8, 4) is 11.5 Å². The first-order chi connectivity index (χ1) is 11.6. The number of carbonyl (C=O) groups excluding carboxylic acids is 2. The van der Waals surface area contributed by atoms with Crippen molar-refractivity contribution in [3.05, 3.63) is 12.1 Å². The first kappa shape index (κ1) is 18.1. The van der Waals surface area contributed by atoms with Crippen molar-refractivity contribution in [1.29, 1.82) is 0 Å². The highest BCUT2D eigenvalue weighted by Gasteiger charge is 2.30. The van der Waals surface area contributed by atoms with E-state index in [1.165, 1.54) is 0 Å². The van der Waals surface area contributed by atoms with E-state index >= 15 is 0 Å². The average Bonchev–Trinajstić information content (AvgIpc) is 3.36. The molecule has 0 spiro atoms. The van der Waals surface area contributed by atoms with E-state index in [9.17, 15) is 9.59 Å². The van der Waals surface area contributed by atoms with Gasteiger partial charge in [-0.15, -0.1) is 0 Å². The Balaban J connectivity index is 2.29. The molecule has 0 unspecified atom stereocenters. The Morgan fingerprint density at radius 1 is 1.00 bits per heavy atom. The standard InChI is InChI=1S/C18H26N2O4/c1-4-7-17(21)19-13-10-16(24-6-3)14(11-15(13)23-5-2)20-18(22)12-8-9-12/h10-12H,4-9H2,1-3H3,(H,19,21)(H,20,22). The monoisotopic (exact) mass is 334 g/mol. The highest BCUT2D eigenvalue weighted by molar-refractivity contribution is 5.98. The number of hydrogen-bond acceptors (Lipinski definition) is 4. The molecule has 0 aliphatic heterocycles. The van der Waals surface area contributed by atoms with Crippen LogP contribution in [0.4, 0.5) is 11.4 Å². The minimum Gasteiger partial charge on any atom is -0.492 e. The molecule has 24 heavy (non-hydrogen) atoms. The summed E-state index contributed by atoms with van der Waals surface area (Å²) in [5.41, 5.74) is 1.13. The molecule has 1 aromatic carbocycles. The van der Waals surface area contributed by atoms with Crippen molar-refractivity contribution in [2.24, 2.45) is 5.92 Å². The lowest BCUT2D eigenvalue weighted by atomic mass is 10.2. The largest absolute Gasteiger partial charge is 0.492 e. The second-order valence-electron chi connectivity index (χ2n) is 5.77. The molecule has 6 nitrogen and oxygen atoms in total. The van der Waals surface area contributed by atoms with Crippen LogP contribution in [-0.2, 0) is 9.59 Å². The summed E-state index contributed by atoms with van der Waals surface area (Å²) in [7, 11) is 0. The Kier molecular flexibility index (Phi) is 6.46. The van der Waals surface area contributed by atoms with E-state index in [1.54, 1.807) is 12.1 Å². The molecule has 1 fully saturated rings. The van der Waals surface area contributed by atoms with Crippen molar-refractivity contribution >= 4 is 23.2 Å². The third-order valence-corrected chi connectivity index (χ3v) is 3.64. The smallest absolute Gasteiger partial charge is 0.227 e. The summed E-state index contributed by atoms with van der Waals surface area (Å²) in [5.74, 6) is 1.08. The molecule has 132 valence electrons. The zero-order chi connectivity index (χ0) is 17.5. The molecule has 0 radical (unpaired) electrons. The number of benzene rings is 1. The molecule has 6 heteroatoms. The molecule has 0 bridgehead atoms. The van der Waals surface area contributed by atoms with E-state index < -0.39 is 0 Å². The van der Waals surface area contributed by atoms with Crippen LogP contribution in [0.5, 0.6) is 11.5 Å². The molecule has 2 N–H and O–H groups in total. The fourth-order valence-electron chi connectivity index (χ4n) is 2.33. The summed E-state index contributed by atoms with van der Waals surface area (Å²) in [6, 6.07) is 3.43. The van der Waals surface area contributed by atoms with Gasteiger partial charge in [0.25, 0.3) is 0 Å². The van der Waals surface area contributed by atoms with Crippen molar-refractivity contribution in [3.63, 3.8) is 0 Å². The normalized spacial score (nSPS) is 13.3. The van der Waals surface area contributed by atoms with E-state index in [0.29, 0.717) is 42.5 Å². The molecule has 0 atom stereocenters. The SMILES string of the molecule is CCCC(=O)Nc1cc(OCC)c(NC(=O)C2CC2)cc1OCC. The molecule has 0 heterocycles. The van der Waals surface area contributed by atoms with Gasteiger partial charge < -0.3 is 20.1 Å². The molecule has 0 saturated heterocycles. The summed E-state index contributed by atoms with van der Waals surface area (Å²) >= 11 is 0. The lowest BCUT2D eigenvalue weighted by Crippen LogP contribution is -2.16. The van der Waals surface area contributed by atoms with Gasteiger partial charge in [-0.1, -0.05) is 6.92 Å². The van der Waals surface area contributed by atoms with Gasteiger partial charge in [0.2, 0.25) is 11.8 Å². The van der Waals surface area contributed by atoms with Gasteiger partial charge in [-0.05, 0) is 33.1 Å². The van der Waals surface area contributed by atoms with Crippen LogP contribution in [0.3, 0.4) is 0 Å². The van der Waals surface area contributed by atoms with Gasteiger partial charge in [0.15, 0.2) is 0 Å². The fourth-order valence-corrected chi connectivity index (χ4v) is 2.33. The minimum atomic E-state index is -0.0735. The maximum Gasteiger partial charge on any atom is 0.227 e. The first-order valence-corrected chi connectivity index (χ1v) is 8.63. The van der Waals surface area contributed by atoms with Crippen LogP contribution in [0.1, 0.15) is 46.5 Å². The quantitative estimate of drug-likeness (QED) is 0.724. The molecule has 1 aromatic rings. The average molecular weight is 334 g/mol. The van der Waals surface area contributed by atoms with Crippen LogP contribution in [0.15, 0.2) is 12.1 Å². The Labute approximate surface area is 142 Å². The van der Waals surface area contributed by atoms with Crippen molar-refractivity contribution in [2.75, 3.05) is 23.8 Å².